The lowest BCUT2D eigenvalue weighted by atomic mass is 10.2. The fourth-order valence-corrected chi connectivity index (χ4v) is 5.35. The average Bonchev–Trinajstić information content (AvgIpc) is 2.95. The van der Waals surface area contributed by atoms with Gasteiger partial charge in [0.05, 0.1) is 6.61 Å². The highest BCUT2D eigenvalue weighted by atomic mass is 79.9. The predicted octanol–water partition coefficient (Wildman–Crippen LogP) is 3.03. The van der Waals surface area contributed by atoms with Gasteiger partial charge in [0.15, 0.2) is 0 Å². The van der Waals surface area contributed by atoms with Crippen LogP contribution in [0.3, 0.4) is 0 Å². The molecule has 0 heterocycles. The molecule has 0 unspecified atom stereocenters. The second-order valence-corrected chi connectivity index (χ2v) is 7.96. The molecule has 0 aliphatic heterocycles. The Morgan fingerprint density at radius 1 is 1.38 bits per heavy atom. The summed E-state index contributed by atoms with van der Waals surface area (Å²) < 4.78 is 41.7. The third-order valence-electron chi connectivity index (χ3n) is 3.88. The van der Waals surface area contributed by atoms with Crippen molar-refractivity contribution in [2.45, 2.75) is 50.2 Å². The van der Waals surface area contributed by atoms with Crippen LogP contribution in [0.15, 0.2) is 21.5 Å². The van der Waals surface area contributed by atoms with Gasteiger partial charge >= 0.3 is 0 Å². The monoisotopic (exact) mass is 379 g/mol. The fourth-order valence-electron chi connectivity index (χ4n) is 2.86. The first-order valence-electron chi connectivity index (χ1n) is 7.02. The van der Waals surface area contributed by atoms with Crippen LogP contribution in [-0.2, 0) is 16.6 Å². The SMILES string of the molecule is CCN(C1CCCC1)S(=O)(=O)c1cc(Br)cc(CO)c1F. The van der Waals surface area contributed by atoms with Crippen molar-refractivity contribution in [1.29, 1.82) is 0 Å². The van der Waals surface area contributed by atoms with E-state index < -0.39 is 22.4 Å². The van der Waals surface area contributed by atoms with Gasteiger partial charge in [-0.15, -0.1) is 0 Å². The Labute approximate surface area is 133 Å². The van der Waals surface area contributed by atoms with Gasteiger partial charge in [-0.3, -0.25) is 0 Å². The molecular formula is C14H19BrFNO3S. The molecule has 0 amide bonds. The van der Waals surface area contributed by atoms with Gasteiger partial charge in [0.2, 0.25) is 10.0 Å². The van der Waals surface area contributed by atoms with E-state index in [1.54, 1.807) is 6.92 Å². The van der Waals surface area contributed by atoms with Crippen molar-refractivity contribution in [2.24, 2.45) is 0 Å². The van der Waals surface area contributed by atoms with Crippen LogP contribution in [0.5, 0.6) is 0 Å². The maximum atomic E-state index is 14.3. The molecular weight excluding hydrogens is 361 g/mol. The van der Waals surface area contributed by atoms with Crippen LogP contribution in [0, 0.1) is 5.82 Å². The molecule has 0 atom stereocenters. The third kappa shape index (κ3) is 3.31. The Balaban J connectivity index is 2.49. The summed E-state index contributed by atoms with van der Waals surface area (Å²) in [6, 6.07) is 2.60. The zero-order valence-corrected chi connectivity index (χ0v) is 14.3. The van der Waals surface area contributed by atoms with E-state index in [0.717, 1.165) is 25.7 Å². The molecule has 4 nitrogen and oxygen atoms in total. The van der Waals surface area contributed by atoms with Crippen LogP contribution in [0.25, 0.3) is 0 Å². The van der Waals surface area contributed by atoms with Crippen molar-refractivity contribution < 1.29 is 17.9 Å². The van der Waals surface area contributed by atoms with E-state index in [9.17, 15) is 17.9 Å². The molecule has 1 aliphatic carbocycles. The lowest BCUT2D eigenvalue weighted by Crippen LogP contribution is -2.39. The molecule has 1 aromatic rings. The molecule has 0 aromatic heterocycles. The molecule has 2 rings (SSSR count). The van der Waals surface area contributed by atoms with E-state index in [2.05, 4.69) is 15.9 Å². The van der Waals surface area contributed by atoms with E-state index >= 15 is 0 Å². The number of aliphatic hydroxyl groups excluding tert-OH is 1. The number of benzene rings is 1. The van der Waals surface area contributed by atoms with E-state index in [1.165, 1.54) is 16.4 Å². The van der Waals surface area contributed by atoms with E-state index in [4.69, 9.17) is 0 Å². The second-order valence-electron chi connectivity index (χ2n) is 5.18. The summed E-state index contributed by atoms with van der Waals surface area (Å²) >= 11 is 3.17. The van der Waals surface area contributed by atoms with Gasteiger partial charge in [-0.2, -0.15) is 4.31 Å². The molecule has 0 radical (unpaired) electrons. The number of hydrogen-bond donors (Lipinski definition) is 1. The molecule has 1 N–H and O–H groups in total. The molecule has 1 aliphatic rings. The van der Waals surface area contributed by atoms with Crippen LogP contribution in [-0.4, -0.2) is 30.4 Å². The number of halogens is 2. The molecule has 118 valence electrons. The Bertz CT molecular complexity index is 615. The first kappa shape index (κ1) is 16.9. The number of nitrogens with zero attached hydrogens (tertiary/aromatic N) is 1. The van der Waals surface area contributed by atoms with Crippen molar-refractivity contribution in [3.05, 3.63) is 28.0 Å². The van der Waals surface area contributed by atoms with Crippen LogP contribution in [0.1, 0.15) is 38.2 Å². The number of aliphatic hydroxyl groups is 1. The van der Waals surface area contributed by atoms with Gasteiger partial charge in [-0.25, -0.2) is 12.8 Å². The first-order valence-corrected chi connectivity index (χ1v) is 9.25. The lowest BCUT2D eigenvalue weighted by Gasteiger charge is -2.27. The molecule has 0 saturated heterocycles. The molecule has 7 heteroatoms. The topological polar surface area (TPSA) is 57.6 Å². The minimum absolute atomic E-state index is 0.0228. The summed E-state index contributed by atoms with van der Waals surface area (Å²) in [5, 5.41) is 9.17. The van der Waals surface area contributed by atoms with E-state index in [0.29, 0.717) is 11.0 Å². The van der Waals surface area contributed by atoms with Gasteiger partial charge < -0.3 is 5.11 Å². The van der Waals surface area contributed by atoms with Crippen molar-refractivity contribution in [3.63, 3.8) is 0 Å². The third-order valence-corrected chi connectivity index (χ3v) is 6.36. The lowest BCUT2D eigenvalue weighted by molar-refractivity contribution is 0.274. The maximum absolute atomic E-state index is 14.3. The molecule has 1 saturated carbocycles. The Morgan fingerprint density at radius 2 is 2.00 bits per heavy atom. The normalized spacial score (nSPS) is 16.8. The smallest absolute Gasteiger partial charge is 0.246 e. The average molecular weight is 380 g/mol. The van der Waals surface area contributed by atoms with Gasteiger partial charge in [-0.1, -0.05) is 35.7 Å². The van der Waals surface area contributed by atoms with Crippen LogP contribution in [0.2, 0.25) is 0 Å². The molecule has 0 bridgehead atoms. The minimum atomic E-state index is -3.90. The van der Waals surface area contributed by atoms with Crippen molar-refractivity contribution in [1.82, 2.24) is 4.31 Å². The highest BCUT2D eigenvalue weighted by Crippen LogP contribution is 2.31. The highest BCUT2D eigenvalue weighted by Gasteiger charge is 2.34. The summed E-state index contributed by atoms with van der Waals surface area (Å²) in [5.41, 5.74) is -0.0228. The quantitative estimate of drug-likeness (QED) is 0.855. The summed E-state index contributed by atoms with van der Waals surface area (Å²) in [7, 11) is -3.90. The van der Waals surface area contributed by atoms with Crippen molar-refractivity contribution in [2.75, 3.05) is 6.54 Å². The van der Waals surface area contributed by atoms with Crippen molar-refractivity contribution in [3.8, 4) is 0 Å². The first-order chi connectivity index (χ1) is 9.91. The van der Waals surface area contributed by atoms with E-state index in [1.807, 2.05) is 0 Å². The number of rotatable bonds is 5. The summed E-state index contributed by atoms with van der Waals surface area (Å²) in [6.07, 6.45) is 3.63. The van der Waals surface area contributed by atoms with Crippen LogP contribution in [0.4, 0.5) is 4.39 Å². The Morgan fingerprint density at radius 3 is 2.52 bits per heavy atom. The van der Waals surface area contributed by atoms with Gasteiger partial charge in [0.25, 0.3) is 0 Å². The van der Waals surface area contributed by atoms with E-state index in [-0.39, 0.29) is 16.5 Å². The standard InChI is InChI=1S/C14H19BrFNO3S/c1-2-17(12-5-3-4-6-12)21(19,20)13-8-11(15)7-10(9-18)14(13)16/h7-8,12,18H,2-6,9H2,1H3. The van der Waals surface area contributed by atoms with Crippen LogP contribution >= 0.6 is 15.9 Å². The van der Waals surface area contributed by atoms with Gasteiger partial charge in [0.1, 0.15) is 10.7 Å². The molecule has 1 aromatic carbocycles. The fraction of sp³-hybridized carbons (Fsp3) is 0.571. The maximum Gasteiger partial charge on any atom is 0.246 e. The zero-order valence-electron chi connectivity index (χ0n) is 11.8. The summed E-state index contributed by atoms with van der Waals surface area (Å²) in [6.45, 7) is 1.54. The molecule has 21 heavy (non-hydrogen) atoms. The van der Waals surface area contributed by atoms with Gasteiger partial charge in [0, 0.05) is 22.6 Å². The number of hydrogen-bond acceptors (Lipinski definition) is 3. The minimum Gasteiger partial charge on any atom is -0.392 e. The summed E-state index contributed by atoms with van der Waals surface area (Å²) in [5.74, 6) is -0.864. The zero-order chi connectivity index (χ0) is 15.6. The molecule has 0 spiro atoms. The highest BCUT2D eigenvalue weighted by molar-refractivity contribution is 9.10. The molecule has 1 fully saturated rings. The van der Waals surface area contributed by atoms with Crippen LogP contribution < -0.4 is 0 Å². The Hall–Kier alpha value is -0.500. The summed E-state index contributed by atoms with van der Waals surface area (Å²) in [4.78, 5) is -0.366. The predicted molar refractivity (Wildman–Crippen MR) is 81.8 cm³/mol. The van der Waals surface area contributed by atoms with Gasteiger partial charge in [-0.05, 0) is 25.0 Å². The van der Waals surface area contributed by atoms with Crippen molar-refractivity contribution >= 4 is 26.0 Å². The Kier molecular flexibility index (Phi) is 5.40. The largest absolute Gasteiger partial charge is 0.392 e. The number of sulfonamides is 1. The second kappa shape index (κ2) is 6.73.